The Bertz CT molecular complexity index is 954. The molecule has 0 aliphatic carbocycles. The summed E-state index contributed by atoms with van der Waals surface area (Å²) in [6.45, 7) is 8.47. The molecule has 8 heteroatoms. The average Bonchev–Trinajstić information content (AvgIpc) is 3.17. The van der Waals surface area contributed by atoms with E-state index in [0.29, 0.717) is 16.7 Å². The SMILES string of the molecule is CCN(C)CCc1cc(C)c(Oc2nc(-c3cnc(N(C)C)cn3)ns2)cc1C. The summed E-state index contributed by atoms with van der Waals surface area (Å²) in [4.78, 5) is 17.4. The quantitative estimate of drug-likeness (QED) is 0.555. The molecular formula is C21H28N6OS. The molecule has 0 atom stereocenters. The van der Waals surface area contributed by atoms with Crippen molar-refractivity contribution in [1.82, 2.24) is 24.2 Å². The molecule has 7 nitrogen and oxygen atoms in total. The Morgan fingerprint density at radius 1 is 1.03 bits per heavy atom. The van der Waals surface area contributed by atoms with Crippen LogP contribution in [0.3, 0.4) is 0 Å². The van der Waals surface area contributed by atoms with E-state index in [4.69, 9.17) is 4.74 Å². The molecule has 0 spiro atoms. The lowest BCUT2D eigenvalue weighted by Gasteiger charge is -2.16. The highest BCUT2D eigenvalue weighted by Crippen LogP contribution is 2.30. The molecule has 3 rings (SSSR count). The van der Waals surface area contributed by atoms with Gasteiger partial charge < -0.3 is 14.5 Å². The van der Waals surface area contributed by atoms with Gasteiger partial charge in [-0.1, -0.05) is 13.0 Å². The number of aromatic nitrogens is 4. The zero-order valence-electron chi connectivity index (χ0n) is 17.9. The molecule has 0 unspecified atom stereocenters. The average molecular weight is 413 g/mol. The van der Waals surface area contributed by atoms with E-state index in [-0.39, 0.29) is 0 Å². The first-order chi connectivity index (χ1) is 13.9. The van der Waals surface area contributed by atoms with Crippen LogP contribution in [0.5, 0.6) is 10.9 Å². The Balaban J connectivity index is 1.73. The number of hydrogen-bond acceptors (Lipinski definition) is 8. The first kappa shape index (κ1) is 21.1. The van der Waals surface area contributed by atoms with Gasteiger partial charge in [0.1, 0.15) is 17.3 Å². The van der Waals surface area contributed by atoms with Crippen LogP contribution >= 0.6 is 11.5 Å². The molecule has 29 heavy (non-hydrogen) atoms. The van der Waals surface area contributed by atoms with Crippen LogP contribution in [0.15, 0.2) is 24.5 Å². The van der Waals surface area contributed by atoms with E-state index in [9.17, 15) is 0 Å². The molecule has 154 valence electrons. The highest BCUT2D eigenvalue weighted by Gasteiger charge is 2.13. The van der Waals surface area contributed by atoms with Crippen LogP contribution in [-0.4, -0.2) is 58.5 Å². The minimum atomic E-state index is 0.499. The van der Waals surface area contributed by atoms with Gasteiger partial charge >= 0.3 is 0 Å². The highest BCUT2D eigenvalue weighted by molar-refractivity contribution is 7.07. The van der Waals surface area contributed by atoms with Gasteiger partial charge in [-0.05, 0) is 56.6 Å². The van der Waals surface area contributed by atoms with Crippen molar-refractivity contribution in [2.45, 2.75) is 27.2 Å². The maximum atomic E-state index is 6.03. The van der Waals surface area contributed by atoms with Gasteiger partial charge in [-0.2, -0.15) is 9.36 Å². The van der Waals surface area contributed by atoms with Gasteiger partial charge in [-0.3, -0.25) is 0 Å². The molecule has 0 N–H and O–H groups in total. The second kappa shape index (κ2) is 9.28. The summed E-state index contributed by atoms with van der Waals surface area (Å²) in [5.74, 6) is 2.13. The minimum absolute atomic E-state index is 0.499. The fraction of sp³-hybridized carbons (Fsp3) is 0.429. The molecule has 0 saturated heterocycles. The Morgan fingerprint density at radius 2 is 1.83 bits per heavy atom. The second-order valence-electron chi connectivity index (χ2n) is 7.33. The summed E-state index contributed by atoms with van der Waals surface area (Å²) in [6.07, 6.45) is 4.42. The summed E-state index contributed by atoms with van der Waals surface area (Å²) in [5, 5.41) is 0.499. The van der Waals surface area contributed by atoms with Crippen LogP contribution in [0, 0.1) is 13.8 Å². The zero-order chi connectivity index (χ0) is 21.0. The second-order valence-corrected chi connectivity index (χ2v) is 8.04. The predicted molar refractivity (Wildman–Crippen MR) is 118 cm³/mol. The molecule has 3 aromatic rings. The molecule has 0 fully saturated rings. The van der Waals surface area contributed by atoms with E-state index in [1.807, 2.05) is 19.0 Å². The topological polar surface area (TPSA) is 67.3 Å². The standard InChI is InChI=1S/C21H28N6OS/c1-7-27(6)9-8-16-10-15(3)18(11-14(16)2)28-21-24-20(25-29-21)17-12-23-19(13-22-17)26(4)5/h10-13H,7-9H2,1-6H3. The smallest absolute Gasteiger partial charge is 0.299 e. The van der Waals surface area contributed by atoms with Crippen LogP contribution in [0.2, 0.25) is 0 Å². The van der Waals surface area contributed by atoms with Gasteiger partial charge in [0.25, 0.3) is 5.19 Å². The van der Waals surface area contributed by atoms with Gasteiger partial charge in [0, 0.05) is 32.2 Å². The third-order valence-corrected chi connectivity index (χ3v) is 5.46. The molecule has 0 bridgehead atoms. The summed E-state index contributed by atoms with van der Waals surface area (Å²) in [5.41, 5.74) is 4.30. The van der Waals surface area contributed by atoms with Crippen molar-refractivity contribution in [3.05, 3.63) is 41.2 Å². The van der Waals surface area contributed by atoms with Gasteiger partial charge in [-0.15, -0.1) is 0 Å². The fourth-order valence-electron chi connectivity index (χ4n) is 2.81. The first-order valence-electron chi connectivity index (χ1n) is 9.67. The first-order valence-corrected chi connectivity index (χ1v) is 10.4. The Labute approximate surface area is 176 Å². The van der Waals surface area contributed by atoms with Crippen LogP contribution in [0.25, 0.3) is 11.5 Å². The normalized spacial score (nSPS) is 11.1. The molecular weight excluding hydrogens is 384 g/mol. The molecule has 2 aromatic heterocycles. The van der Waals surface area contributed by atoms with Crippen molar-refractivity contribution in [2.24, 2.45) is 0 Å². The Hall–Kier alpha value is -2.58. The van der Waals surface area contributed by atoms with Crippen LogP contribution in [-0.2, 0) is 6.42 Å². The van der Waals surface area contributed by atoms with Crippen LogP contribution in [0.4, 0.5) is 5.82 Å². The summed E-state index contributed by atoms with van der Waals surface area (Å²) >= 11 is 1.22. The number of aryl methyl sites for hydroxylation is 2. The van der Waals surface area contributed by atoms with Crippen molar-refractivity contribution >= 4 is 17.4 Å². The van der Waals surface area contributed by atoms with Gasteiger partial charge in [0.05, 0.1) is 12.4 Å². The molecule has 0 radical (unpaired) electrons. The molecule has 0 saturated carbocycles. The molecule has 0 amide bonds. The monoisotopic (exact) mass is 412 g/mol. The van der Waals surface area contributed by atoms with Crippen molar-refractivity contribution in [3.63, 3.8) is 0 Å². The predicted octanol–water partition coefficient (Wildman–Crippen LogP) is 3.96. The number of rotatable bonds is 8. The van der Waals surface area contributed by atoms with Crippen molar-refractivity contribution in [2.75, 3.05) is 39.1 Å². The fourth-order valence-corrected chi connectivity index (χ4v) is 3.37. The Kier molecular flexibility index (Phi) is 6.76. The zero-order valence-corrected chi connectivity index (χ0v) is 18.7. The number of hydrogen-bond donors (Lipinski definition) is 0. The highest BCUT2D eigenvalue weighted by atomic mass is 32.1. The van der Waals surface area contributed by atoms with E-state index in [1.54, 1.807) is 12.4 Å². The van der Waals surface area contributed by atoms with E-state index in [2.05, 4.69) is 64.2 Å². The minimum Gasteiger partial charge on any atom is -0.430 e. The summed E-state index contributed by atoms with van der Waals surface area (Å²) in [6, 6.07) is 4.30. The van der Waals surface area contributed by atoms with E-state index < -0.39 is 0 Å². The number of nitrogens with zero attached hydrogens (tertiary/aromatic N) is 6. The van der Waals surface area contributed by atoms with Crippen molar-refractivity contribution in [1.29, 1.82) is 0 Å². The van der Waals surface area contributed by atoms with Gasteiger partial charge in [-0.25, -0.2) is 9.97 Å². The van der Waals surface area contributed by atoms with E-state index in [0.717, 1.165) is 36.6 Å². The van der Waals surface area contributed by atoms with E-state index in [1.165, 1.54) is 22.7 Å². The largest absolute Gasteiger partial charge is 0.430 e. The van der Waals surface area contributed by atoms with E-state index >= 15 is 0 Å². The van der Waals surface area contributed by atoms with Gasteiger partial charge in [0.15, 0.2) is 5.82 Å². The summed E-state index contributed by atoms with van der Waals surface area (Å²) in [7, 11) is 5.99. The van der Waals surface area contributed by atoms with Crippen molar-refractivity contribution < 1.29 is 4.74 Å². The lowest BCUT2D eigenvalue weighted by atomic mass is 10.0. The van der Waals surface area contributed by atoms with Gasteiger partial charge in [0.2, 0.25) is 0 Å². The molecule has 0 aliphatic heterocycles. The molecule has 1 aromatic carbocycles. The number of benzene rings is 1. The molecule has 2 heterocycles. The number of likely N-dealkylation sites (N-methyl/N-ethyl adjacent to an activating group) is 1. The maximum absolute atomic E-state index is 6.03. The third-order valence-electron chi connectivity index (χ3n) is 4.87. The Morgan fingerprint density at radius 3 is 2.48 bits per heavy atom. The van der Waals surface area contributed by atoms with Crippen LogP contribution < -0.4 is 9.64 Å². The number of ether oxygens (including phenoxy) is 1. The summed E-state index contributed by atoms with van der Waals surface area (Å²) < 4.78 is 10.4. The lowest BCUT2D eigenvalue weighted by molar-refractivity contribution is 0.357. The third kappa shape index (κ3) is 5.27. The van der Waals surface area contributed by atoms with Crippen LogP contribution in [0.1, 0.15) is 23.6 Å². The lowest BCUT2D eigenvalue weighted by Crippen LogP contribution is -2.20. The maximum Gasteiger partial charge on any atom is 0.299 e. The molecule has 0 aliphatic rings. The number of anilines is 1. The van der Waals surface area contributed by atoms with Crippen molar-refractivity contribution in [3.8, 4) is 22.5 Å².